The highest BCUT2D eigenvalue weighted by Crippen LogP contribution is 2.26. The summed E-state index contributed by atoms with van der Waals surface area (Å²) in [4.78, 5) is 15.0. The van der Waals surface area contributed by atoms with Gasteiger partial charge < -0.3 is 9.52 Å². The van der Waals surface area contributed by atoms with E-state index in [0.29, 0.717) is 23.3 Å². The second kappa shape index (κ2) is 9.10. The second-order valence-electron chi connectivity index (χ2n) is 7.08. The van der Waals surface area contributed by atoms with Gasteiger partial charge in [0.1, 0.15) is 30.2 Å². The van der Waals surface area contributed by atoms with Gasteiger partial charge in [-0.05, 0) is 43.2 Å². The second-order valence-corrected chi connectivity index (χ2v) is 7.08. The summed E-state index contributed by atoms with van der Waals surface area (Å²) in [5.74, 6) is 0.665. The smallest absolute Gasteiger partial charge is 0.130 e. The summed E-state index contributed by atoms with van der Waals surface area (Å²) in [5.41, 5.74) is 0.519. The normalized spacial score (nSPS) is 14.0. The molecule has 148 valence electrons. The van der Waals surface area contributed by atoms with Crippen LogP contribution < -0.4 is 0 Å². The number of halogens is 1. The number of benzene rings is 1. The van der Waals surface area contributed by atoms with Crippen LogP contribution in [0.15, 0.2) is 71.6 Å². The molecule has 0 aliphatic rings. The first-order valence-electron chi connectivity index (χ1n) is 9.10. The van der Waals surface area contributed by atoms with Crippen LogP contribution in [-0.2, 0) is 28.5 Å². The molecule has 2 atom stereocenters. The molecule has 2 unspecified atom stereocenters. The molecule has 0 bridgehead atoms. The van der Waals surface area contributed by atoms with E-state index < -0.39 is 17.9 Å². The highest BCUT2D eigenvalue weighted by atomic mass is 19.1. The van der Waals surface area contributed by atoms with Gasteiger partial charge in [-0.2, -0.15) is 0 Å². The van der Waals surface area contributed by atoms with Crippen LogP contribution in [0.1, 0.15) is 42.4 Å². The van der Waals surface area contributed by atoms with Crippen LogP contribution in [0.25, 0.3) is 0 Å². The molecule has 1 N–H and O–H groups in total. The molecule has 0 amide bonds. The number of aliphatic hydroxyl groups excluding tert-OH is 1. The van der Waals surface area contributed by atoms with Crippen LogP contribution in [-0.4, -0.2) is 16.2 Å². The van der Waals surface area contributed by atoms with Crippen molar-refractivity contribution in [2.75, 3.05) is 0 Å². The number of aliphatic hydroxyl groups is 1. The Morgan fingerprint density at radius 3 is 2.71 bits per heavy atom. The lowest BCUT2D eigenvalue weighted by molar-refractivity contribution is -0.347. The quantitative estimate of drug-likeness (QED) is 0.428. The molecule has 5 nitrogen and oxygen atoms in total. The highest BCUT2D eigenvalue weighted by Gasteiger charge is 2.25. The van der Waals surface area contributed by atoms with Crippen LogP contribution in [0.2, 0.25) is 0 Å². The Balaban J connectivity index is 1.66. The van der Waals surface area contributed by atoms with Gasteiger partial charge >= 0.3 is 0 Å². The zero-order valence-electron chi connectivity index (χ0n) is 15.9. The van der Waals surface area contributed by atoms with Gasteiger partial charge in [0.2, 0.25) is 0 Å². The van der Waals surface area contributed by atoms with Crippen molar-refractivity contribution < 1.29 is 23.7 Å². The molecule has 2 aromatic heterocycles. The van der Waals surface area contributed by atoms with Gasteiger partial charge in [0.15, 0.2) is 0 Å². The first-order valence-corrected chi connectivity index (χ1v) is 9.10. The van der Waals surface area contributed by atoms with E-state index in [1.807, 2.05) is 6.07 Å². The largest absolute Gasteiger partial charge is 0.469 e. The van der Waals surface area contributed by atoms with Crippen molar-refractivity contribution >= 4 is 0 Å². The monoisotopic (exact) mass is 385 g/mol. The van der Waals surface area contributed by atoms with E-state index in [2.05, 4.69) is 4.98 Å². The summed E-state index contributed by atoms with van der Waals surface area (Å²) in [5, 5.41) is 10.7. The molecule has 2 heterocycles. The number of hydrogen-bond donors (Lipinski definition) is 1. The molecule has 0 saturated carbocycles. The predicted octanol–water partition coefficient (Wildman–Crippen LogP) is 4.67. The average molecular weight is 385 g/mol. The van der Waals surface area contributed by atoms with Crippen LogP contribution >= 0.6 is 0 Å². The lowest BCUT2D eigenvalue weighted by Crippen LogP contribution is -2.25. The molecular weight excluding hydrogens is 361 g/mol. The maximum Gasteiger partial charge on any atom is 0.130 e. The molecule has 0 radical (unpaired) electrons. The molecule has 0 saturated heterocycles. The van der Waals surface area contributed by atoms with E-state index in [9.17, 15) is 9.50 Å². The summed E-state index contributed by atoms with van der Waals surface area (Å²) < 4.78 is 19.5. The number of nitrogens with zero attached hydrogens (tertiary/aromatic N) is 1. The fraction of sp³-hybridized carbons (Fsp3) is 0.318. The number of aromatic nitrogens is 1. The lowest BCUT2D eigenvalue weighted by atomic mass is 9.98. The third kappa shape index (κ3) is 5.48. The van der Waals surface area contributed by atoms with E-state index in [4.69, 9.17) is 14.2 Å². The Kier molecular flexibility index (Phi) is 6.57. The third-order valence-electron chi connectivity index (χ3n) is 4.39. The van der Waals surface area contributed by atoms with E-state index in [1.54, 1.807) is 61.1 Å². The van der Waals surface area contributed by atoms with Crippen molar-refractivity contribution in [2.24, 2.45) is 0 Å². The van der Waals surface area contributed by atoms with E-state index in [0.717, 1.165) is 5.56 Å². The SMILES string of the molecule is CC(C)(F)c1cccc(COOC(Cc2ccco2)C(O)c2cccnc2)c1. The van der Waals surface area contributed by atoms with Gasteiger partial charge in [0.25, 0.3) is 0 Å². The van der Waals surface area contributed by atoms with Crippen molar-refractivity contribution in [3.63, 3.8) is 0 Å². The number of rotatable bonds is 9. The van der Waals surface area contributed by atoms with Crippen molar-refractivity contribution in [1.29, 1.82) is 0 Å². The van der Waals surface area contributed by atoms with Crippen LogP contribution in [0, 0.1) is 0 Å². The summed E-state index contributed by atoms with van der Waals surface area (Å²) >= 11 is 0. The minimum Gasteiger partial charge on any atom is -0.469 e. The Labute approximate surface area is 163 Å². The van der Waals surface area contributed by atoms with Gasteiger partial charge in [-0.15, -0.1) is 0 Å². The molecular formula is C22H24FNO4. The van der Waals surface area contributed by atoms with Crippen molar-refractivity contribution in [2.45, 2.75) is 44.8 Å². The molecule has 0 aliphatic heterocycles. The van der Waals surface area contributed by atoms with Crippen molar-refractivity contribution in [3.8, 4) is 0 Å². The lowest BCUT2D eigenvalue weighted by Gasteiger charge is -2.22. The average Bonchev–Trinajstić information content (AvgIpc) is 3.20. The molecule has 3 rings (SSSR count). The molecule has 0 aliphatic carbocycles. The minimum atomic E-state index is -1.44. The molecule has 6 heteroatoms. The first kappa shape index (κ1) is 20.2. The first-order chi connectivity index (χ1) is 13.4. The number of alkyl halides is 1. The van der Waals surface area contributed by atoms with E-state index in [1.165, 1.54) is 13.8 Å². The molecule has 28 heavy (non-hydrogen) atoms. The van der Waals surface area contributed by atoms with E-state index in [-0.39, 0.29) is 6.61 Å². The summed E-state index contributed by atoms with van der Waals surface area (Å²) in [6.45, 7) is 3.14. The highest BCUT2D eigenvalue weighted by molar-refractivity contribution is 5.27. The summed E-state index contributed by atoms with van der Waals surface area (Å²) in [6, 6.07) is 14.2. The fourth-order valence-electron chi connectivity index (χ4n) is 2.81. The molecule has 1 aromatic carbocycles. The molecule has 3 aromatic rings. The summed E-state index contributed by atoms with van der Waals surface area (Å²) in [6.07, 6.45) is 3.45. The number of pyridine rings is 1. The van der Waals surface area contributed by atoms with E-state index >= 15 is 0 Å². The maximum absolute atomic E-state index is 14.1. The maximum atomic E-state index is 14.1. The minimum absolute atomic E-state index is 0.123. The van der Waals surface area contributed by atoms with Crippen molar-refractivity contribution in [1.82, 2.24) is 4.98 Å². The third-order valence-corrected chi connectivity index (χ3v) is 4.39. The number of hydrogen-bond acceptors (Lipinski definition) is 5. The van der Waals surface area contributed by atoms with Crippen LogP contribution in [0.3, 0.4) is 0 Å². The standard InChI is InChI=1S/C22H24FNO4/c1-22(2,23)18-8-3-6-16(12-18)15-27-28-20(13-19-9-5-11-26-19)21(25)17-7-4-10-24-14-17/h3-12,14,20-21,25H,13,15H2,1-2H3. The molecule has 0 spiro atoms. The van der Waals surface area contributed by atoms with Crippen molar-refractivity contribution in [3.05, 3.63) is 89.6 Å². The Morgan fingerprint density at radius 1 is 1.18 bits per heavy atom. The Bertz CT molecular complexity index is 846. The number of furan rings is 1. The van der Waals surface area contributed by atoms with Crippen LogP contribution in [0.4, 0.5) is 4.39 Å². The van der Waals surface area contributed by atoms with Gasteiger partial charge in [-0.25, -0.2) is 14.2 Å². The van der Waals surface area contributed by atoms with Gasteiger partial charge in [-0.1, -0.05) is 30.3 Å². The topological polar surface area (TPSA) is 64.7 Å². The zero-order valence-corrected chi connectivity index (χ0v) is 15.9. The predicted molar refractivity (Wildman–Crippen MR) is 102 cm³/mol. The van der Waals surface area contributed by atoms with Gasteiger partial charge in [-0.3, -0.25) is 4.98 Å². The Morgan fingerprint density at radius 2 is 2.04 bits per heavy atom. The Hall–Kier alpha value is -2.54. The summed E-state index contributed by atoms with van der Waals surface area (Å²) in [7, 11) is 0. The van der Waals surface area contributed by atoms with Crippen LogP contribution in [0.5, 0.6) is 0 Å². The molecule has 0 fully saturated rings. The fourth-order valence-corrected chi connectivity index (χ4v) is 2.81. The van der Waals surface area contributed by atoms with Gasteiger partial charge in [0.05, 0.1) is 6.26 Å². The zero-order chi connectivity index (χ0) is 20.0. The van der Waals surface area contributed by atoms with Gasteiger partial charge in [0, 0.05) is 24.4 Å².